The number of carbonyl (C=O) groups is 2. The average molecular weight is 387 g/mol. The molecule has 3 rings (SSSR count). The Hall–Kier alpha value is -1.92. The highest BCUT2D eigenvalue weighted by atomic mass is 16.2. The fourth-order valence-corrected chi connectivity index (χ4v) is 4.28. The van der Waals surface area contributed by atoms with Crippen LogP contribution in [0.25, 0.3) is 0 Å². The fraction of sp³-hybridized carbons (Fsp3) is 0.636. The maximum Gasteiger partial charge on any atom is 0.237 e. The molecule has 0 spiro atoms. The molecule has 1 saturated heterocycles. The predicted octanol–water partition coefficient (Wildman–Crippen LogP) is 1.66. The van der Waals surface area contributed by atoms with Crippen molar-refractivity contribution in [3.05, 3.63) is 35.4 Å². The lowest BCUT2D eigenvalue weighted by atomic mass is 9.87. The zero-order chi connectivity index (χ0) is 20.1. The topological polar surface area (TPSA) is 55.9 Å². The van der Waals surface area contributed by atoms with E-state index in [2.05, 4.69) is 39.4 Å². The van der Waals surface area contributed by atoms with E-state index >= 15 is 0 Å². The highest BCUT2D eigenvalue weighted by Gasteiger charge is 2.28. The first-order chi connectivity index (χ1) is 13.4. The number of fused-ring (bicyclic) bond motifs is 1. The second-order valence-corrected chi connectivity index (χ2v) is 8.39. The summed E-state index contributed by atoms with van der Waals surface area (Å²) in [5.74, 6) is 0.267. The molecule has 28 heavy (non-hydrogen) atoms. The second kappa shape index (κ2) is 9.52. The summed E-state index contributed by atoms with van der Waals surface area (Å²) in [6, 6.07) is 8.89. The van der Waals surface area contributed by atoms with Crippen LogP contribution in [0.2, 0.25) is 0 Å². The lowest BCUT2D eigenvalue weighted by Crippen LogP contribution is -2.52. The predicted molar refractivity (Wildman–Crippen MR) is 111 cm³/mol. The van der Waals surface area contributed by atoms with Gasteiger partial charge in [0, 0.05) is 39.3 Å². The van der Waals surface area contributed by atoms with Gasteiger partial charge < -0.3 is 10.2 Å². The van der Waals surface area contributed by atoms with Crippen molar-refractivity contribution < 1.29 is 9.59 Å². The van der Waals surface area contributed by atoms with Crippen molar-refractivity contribution in [2.45, 2.75) is 45.2 Å². The number of nitrogens with one attached hydrogen (secondary N) is 1. The lowest BCUT2D eigenvalue weighted by molar-refractivity contribution is -0.134. The Balaban J connectivity index is 1.48. The monoisotopic (exact) mass is 386 g/mol. The molecule has 0 aromatic heterocycles. The van der Waals surface area contributed by atoms with Crippen molar-refractivity contribution in [2.75, 3.05) is 46.3 Å². The largest absolute Gasteiger partial charge is 0.353 e. The van der Waals surface area contributed by atoms with Gasteiger partial charge in [-0.15, -0.1) is 0 Å². The van der Waals surface area contributed by atoms with Crippen LogP contribution < -0.4 is 5.32 Å². The smallest absolute Gasteiger partial charge is 0.237 e. The Labute approximate surface area is 168 Å². The van der Waals surface area contributed by atoms with Crippen molar-refractivity contribution in [3.8, 4) is 0 Å². The summed E-state index contributed by atoms with van der Waals surface area (Å²) in [6.07, 6.45) is 3.29. The third-order valence-electron chi connectivity index (χ3n) is 5.84. The number of rotatable bonds is 6. The van der Waals surface area contributed by atoms with E-state index in [0.29, 0.717) is 13.1 Å². The molecule has 1 heterocycles. The Bertz CT molecular complexity index is 683. The Morgan fingerprint density at radius 1 is 1.11 bits per heavy atom. The Kier molecular flexibility index (Phi) is 7.08. The van der Waals surface area contributed by atoms with Crippen molar-refractivity contribution in [3.63, 3.8) is 0 Å². The van der Waals surface area contributed by atoms with Crippen molar-refractivity contribution in [2.24, 2.45) is 0 Å². The Morgan fingerprint density at radius 3 is 2.43 bits per heavy atom. The van der Waals surface area contributed by atoms with Crippen LogP contribution in [0.15, 0.2) is 24.3 Å². The minimum Gasteiger partial charge on any atom is -0.353 e. The van der Waals surface area contributed by atoms with E-state index in [4.69, 9.17) is 0 Å². The van der Waals surface area contributed by atoms with Gasteiger partial charge in [-0.3, -0.25) is 19.4 Å². The molecule has 6 nitrogen and oxygen atoms in total. The van der Waals surface area contributed by atoms with E-state index in [9.17, 15) is 9.59 Å². The van der Waals surface area contributed by atoms with E-state index in [0.717, 1.165) is 45.4 Å². The molecule has 6 heteroatoms. The van der Waals surface area contributed by atoms with Crippen molar-refractivity contribution in [1.29, 1.82) is 0 Å². The van der Waals surface area contributed by atoms with Crippen LogP contribution in [0.3, 0.4) is 0 Å². The van der Waals surface area contributed by atoms with E-state index in [1.807, 2.05) is 25.8 Å². The molecule has 0 bridgehead atoms. The number of aryl methyl sites for hydroxylation is 1. The van der Waals surface area contributed by atoms with Crippen molar-refractivity contribution in [1.82, 2.24) is 20.0 Å². The standard InChI is InChI=1S/C22H34N4O2/c1-17(2)23-21(27)15-25-11-13-26(14-12-25)16-22(28)24(3)20-10-6-8-18-7-4-5-9-19(18)20/h4-5,7,9,17,20H,6,8,10-16H2,1-3H3,(H,23,27). The summed E-state index contributed by atoms with van der Waals surface area (Å²) < 4.78 is 0. The van der Waals surface area contributed by atoms with Gasteiger partial charge in [-0.1, -0.05) is 24.3 Å². The Morgan fingerprint density at radius 2 is 1.75 bits per heavy atom. The van der Waals surface area contributed by atoms with Gasteiger partial charge in [0.25, 0.3) is 0 Å². The highest BCUT2D eigenvalue weighted by molar-refractivity contribution is 5.79. The van der Waals surface area contributed by atoms with Crippen LogP contribution in [-0.2, 0) is 16.0 Å². The molecule has 0 radical (unpaired) electrons. The molecule has 1 aromatic rings. The SMILES string of the molecule is CC(C)NC(=O)CN1CCN(CC(=O)N(C)C2CCCc3ccccc32)CC1. The normalized spacial score (nSPS) is 20.6. The van der Waals surface area contributed by atoms with Gasteiger partial charge in [0.2, 0.25) is 11.8 Å². The molecule has 154 valence electrons. The summed E-state index contributed by atoms with van der Waals surface area (Å²) in [5.41, 5.74) is 2.69. The molecule has 1 aliphatic carbocycles. The van der Waals surface area contributed by atoms with Gasteiger partial charge >= 0.3 is 0 Å². The number of nitrogens with zero attached hydrogens (tertiary/aromatic N) is 3. The molecule has 2 aliphatic rings. The number of carbonyl (C=O) groups excluding carboxylic acids is 2. The van der Waals surface area contributed by atoms with Crippen molar-refractivity contribution >= 4 is 11.8 Å². The highest BCUT2D eigenvalue weighted by Crippen LogP contribution is 2.33. The lowest BCUT2D eigenvalue weighted by Gasteiger charge is -2.37. The van der Waals surface area contributed by atoms with Crippen LogP contribution in [-0.4, -0.2) is 78.9 Å². The van der Waals surface area contributed by atoms with Gasteiger partial charge in [-0.2, -0.15) is 0 Å². The van der Waals surface area contributed by atoms with Gasteiger partial charge in [-0.25, -0.2) is 0 Å². The van der Waals surface area contributed by atoms with Crippen LogP contribution >= 0.6 is 0 Å². The molecule has 1 unspecified atom stereocenters. The van der Waals surface area contributed by atoms with Crippen LogP contribution in [0, 0.1) is 0 Å². The van der Waals surface area contributed by atoms with E-state index in [1.165, 1.54) is 11.1 Å². The first-order valence-electron chi connectivity index (χ1n) is 10.5. The molecule has 1 atom stereocenters. The van der Waals surface area contributed by atoms with Gasteiger partial charge in [0.05, 0.1) is 19.1 Å². The summed E-state index contributed by atoms with van der Waals surface area (Å²) >= 11 is 0. The summed E-state index contributed by atoms with van der Waals surface area (Å²) in [4.78, 5) is 31.2. The molecule has 2 amide bonds. The van der Waals surface area contributed by atoms with E-state index in [1.54, 1.807) is 0 Å². The zero-order valence-corrected chi connectivity index (χ0v) is 17.5. The number of benzene rings is 1. The molecular formula is C22H34N4O2. The van der Waals surface area contributed by atoms with Gasteiger partial charge in [-0.05, 0) is 44.2 Å². The molecule has 1 aliphatic heterocycles. The summed E-state index contributed by atoms with van der Waals surface area (Å²) in [7, 11) is 1.95. The molecule has 1 aromatic carbocycles. The maximum absolute atomic E-state index is 12.9. The minimum atomic E-state index is 0.0789. The second-order valence-electron chi connectivity index (χ2n) is 8.39. The fourth-order valence-electron chi connectivity index (χ4n) is 4.28. The first-order valence-corrected chi connectivity index (χ1v) is 10.5. The quantitative estimate of drug-likeness (QED) is 0.808. The van der Waals surface area contributed by atoms with E-state index < -0.39 is 0 Å². The minimum absolute atomic E-state index is 0.0789. The molecule has 1 fully saturated rings. The molecule has 0 saturated carbocycles. The number of likely N-dealkylation sites (N-methyl/N-ethyl adjacent to an activating group) is 1. The number of amides is 2. The summed E-state index contributed by atoms with van der Waals surface area (Å²) in [5, 5.41) is 2.94. The third kappa shape index (κ3) is 5.32. The molecular weight excluding hydrogens is 352 g/mol. The van der Waals surface area contributed by atoms with Gasteiger partial charge in [0.1, 0.15) is 0 Å². The molecule has 1 N–H and O–H groups in total. The van der Waals surface area contributed by atoms with Gasteiger partial charge in [0.15, 0.2) is 0 Å². The summed E-state index contributed by atoms with van der Waals surface area (Å²) in [6.45, 7) is 8.17. The maximum atomic E-state index is 12.9. The van der Waals surface area contributed by atoms with Crippen LogP contribution in [0.5, 0.6) is 0 Å². The van der Waals surface area contributed by atoms with E-state index in [-0.39, 0.29) is 23.9 Å². The number of hydrogen-bond donors (Lipinski definition) is 1. The van der Waals surface area contributed by atoms with Crippen LogP contribution in [0.4, 0.5) is 0 Å². The first kappa shape index (κ1) is 20.8. The number of hydrogen-bond acceptors (Lipinski definition) is 4. The third-order valence-corrected chi connectivity index (χ3v) is 5.84. The zero-order valence-electron chi connectivity index (χ0n) is 17.5. The average Bonchev–Trinajstić information content (AvgIpc) is 2.67. The number of piperazine rings is 1. The van der Waals surface area contributed by atoms with Crippen LogP contribution in [0.1, 0.15) is 43.9 Å².